The van der Waals surface area contributed by atoms with Gasteiger partial charge in [-0.15, -0.1) is 0 Å². The lowest BCUT2D eigenvalue weighted by Gasteiger charge is -2.12. The normalized spacial score (nSPS) is 10.6. The molecule has 4 rings (SSSR count). The van der Waals surface area contributed by atoms with Crippen LogP contribution in [-0.2, 0) is 9.59 Å². The molecular formula is C24H19Cl2N5O5. The van der Waals surface area contributed by atoms with E-state index < -0.39 is 18.2 Å². The largest absolute Gasteiger partial charge is 0.493 e. The maximum atomic E-state index is 12.3. The lowest BCUT2D eigenvalue weighted by molar-refractivity contribution is -0.123. The van der Waals surface area contributed by atoms with Crippen LogP contribution in [0, 0.1) is 0 Å². The third-order valence-corrected chi connectivity index (χ3v) is 5.46. The Morgan fingerprint density at radius 1 is 0.861 bits per heavy atom. The van der Waals surface area contributed by atoms with Gasteiger partial charge in [-0.3, -0.25) is 9.59 Å². The molecule has 0 unspecified atom stereocenters. The molecular weight excluding hydrogens is 509 g/mol. The van der Waals surface area contributed by atoms with Crippen molar-refractivity contribution in [1.29, 1.82) is 0 Å². The zero-order chi connectivity index (χ0) is 25.7. The minimum absolute atomic E-state index is 0.0564. The van der Waals surface area contributed by atoms with Gasteiger partial charge in [0.05, 0.1) is 47.7 Å². The minimum atomic E-state index is -0.561. The van der Waals surface area contributed by atoms with Crippen molar-refractivity contribution in [2.75, 3.05) is 24.9 Å². The number of carbonyl (C=O) groups is 2. The summed E-state index contributed by atoms with van der Waals surface area (Å²) in [6.45, 7) is 0. The second-order valence-corrected chi connectivity index (χ2v) is 8.08. The summed E-state index contributed by atoms with van der Waals surface area (Å²) in [5.74, 6) is 0.146. The van der Waals surface area contributed by atoms with Gasteiger partial charge >= 0.3 is 0 Å². The zero-order valence-corrected chi connectivity index (χ0v) is 20.6. The number of aromatic nitrogens is 3. The second kappa shape index (κ2) is 11.1. The number of halogens is 2. The van der Waals surface area contributed by atoms with Crippen molar-refractivity contribution in [3.05, 3.63) is 65.0 Å². The first kappa shape index (κ1) is 25.0. The first-order valence-corrected chi connectivity index (χ1v) is 11.2. The van der Waals surface area contributed by atoms with Gasteiger partial charge in [-0.1, -0.05) is 35.3 Å². The smallest absolute Gasteiger partial charge is 0.240 e. The fourth-order valence-corrected chi connectivity index (χ4v) is 3.60. The third-order valence-electron chi connectivity index (χ3n) is 4.86. The number of benzene rings is 2. The quantitative estimate of drug-likeness (QED) is 0.303. The standard InChI is InChI=1S/C24H19Cl2N5O5/c1-34-19-8-14-18(9-20(19)35-2)28-12-29-23(14)36-24-16(26)7-13(11-27-24)30-21(32)10-22(33)31-17-6-4-3-5-15(17)25/h3-9,11-12H,10H2,1-2H3,(H,30,32)(H,31,33). The summed E-state index contributed by atoms with van der Waals surface area (Å²) in [6.07, 6.45) is 2.25. The fourth-order valence-electron chi connectivity index (χ4n) is 3.21. The molecule has 0 atom stereocenters. The summed E-state index contributed by atoms with van der Waals surface area (Å²) in [6, 6.07) is 11.5. The summed E-state index contributed by atoms with van der Waals surface area (Å²) >= 11 is 12.3. The molecule has 0 aliphatic heterocycles. The van der Waals surface area contributed by atoms with Gasteiger partial charge in [-0.25, -0.2) is 15.0 Å². The summed E-state index contributed by atoms with van der Waals surface area (Å²) in [5, 5.41) is 6.18. The van der Waals surface area contributed by atoms with E-state index >= 15 is 0 Å². The molecule has 0 aliphatic rings. The van der Waals surface area contributed by atoms with Crippen LogP contribution in [0.3, 0.4) is 0 Å². The topological polar surface area (TPSA) is 125 Å². The van der Waals surface area contributed by atoms with E-state index in [2.05, 4.69) is 25.6 Å². The van der Waals surface area contributed by atoms with E-state index in [9.17, 15) is 9.59 Å². The average molecular weight is 528 g/mol. The highest BCUT2D eigenvalue weighted by atomic mass is 35.5. The van der Waals surface area contributed by atoms with E-state index in [4.69, 9.17) is 37.4 Å². The molecule has 0 fully saturated rings. The number of rotatable bonds is 8. The summed E-state index contributed by atoms with van der Waals surface area (Å²) in [5.41, 5.74) is 1.26. The highest BCUT2D eigenvalue weighted by molar-refractivity contribution is 6.34. The van der Waals surface area contributed by atoms with Crippen molar-refractivity contribution in [1.82, 2.24) is 15.0 Å². The lowest BCUT2D eigenvalue weighted by atomic mass is 10.2. The summed E-state index contributed by atoms with van der Waals surface area (Å²) < 4.78 is 16.5. The molecule has 4 aromatic rings. The van der Waals surface area contributed by atoms with E-state index in [0.29, 0.717) is 33.1 Å². The van der Waals surface area contributed by atoms with Gasteiger partial charge in [0.15, 0.2) is 11.5 Å². The molecule has 0 saturated carbocycles. The molecule has 0 bridgehead atoms. The molecule has 12 heteroatoms. The van der Waals surface area contributed by atoms with Gasteiger partial charge in [0.2, 0.25) is 23.6 Å². The number of nitrogens with zero attached hydrogens (tertiary/aromatic N) is 3. The molecule has 0 saturated heterocycles. The number of fused-ring (bicyclic) bond motifs is 1. The van der Waals surface area contributed by atoms with Crippen LogP contribution in [0.5, 0.6) is 23.3 Å². The number of carbonyl (C=O) groups excluding carboxylic acids is 2. The molecule has 36 heavy (non-hydrogen) atoms. The number of ether oxygens (including phenoxy) is 3. The molecule has 2 amide bonds. The second-order valence-electron chi connectivity index (χ2n) is 7.27. The Bertz CT molecular complexity index is 1450. The van der Waals surface area contributed by atoms with Crippen LogP contribution in [0.25, 0.3) is 10.9 Å². The Kier molecular flexibility index (Phi) is 7.67. The third kappa shape index (κ3) is 5.73. The van der Waals surface area contributed by atoms with E-state index in [1.807, 2.05) is 0 Å². The fraction of sp³-hybridized carbons (Fsp3) is 0.125. The van der Waals surface area contributed by atoms with Crippen molar-refractivity contribution < 1.29 is 23.8 Å². The molecule has 2 aromatic heterocycles. The van der Waals surface area contributed by atoms with Gasteiger partial charge in [-0.2, -0.15) is 0 Å². The average Bonchev–Trinajstić information content (AvgIpc) is 2.86. The van der Waals surface area contributed by atoms with Crippen molar-refractivity contribution >= 4 is 57.3 Å². The van der Waals surface area contributed by atoms with Crippen molar-refractivity contribution in [3.8, 4) is 23.3 Å². The summed E-state index contributed by atoms with van der Waals surface area (Å²) in [7, 11) is 3.04. The minimum Gasteiger partial charge on any atom is -0.493 e. The first-order chi connectivity index (χ1) is 17.4. The highest BCUT2D eigenvalue weighted by Gasteiger charge is 2.16. The molecule has 2 aromatic carbocycles. The van der Waals surface area contributed by atoms with E-state index in [1.165, 1.54) is 32.8 Å². The van der Waals surface area contributed by atoms with Crippen molar-refractivity contribution in [2.24, 2.45) is 0 Å². The van der Waals surface area contributed by atoms with Gasteiger partial charge < -0.3 is 24.8 Å². The number of para-hydroxylation sites is 1. The van der Waals surface area contributed by atoms with Gasteiger partial charge in [-0.05, 0) is 24.3 Å². The molecule has 10 nitrogen and oxygen atoms in total. The molecule has 0 aliphatic carbocycles. The SMILES string of the molecule is COc1cc2ncnc(Oc3ncc(NC(=O)CC(=O)Nc4ccccc4Cl)cc3Cl)c2cc1OC. The van der Waals surface area contributed by atoms with Gasteiger partial charge in [0.1, 0.15) is 17.8 Å². The van der Waals surface area contributed by atoms with Crippen molar-refractivity contribution in [2.45, 2.75) is 6.42 Å². The zero-order valence-electron chi connectivity index (χ0n) is 19.0. The monoisotopic (exact) mass is 527 g/mol. The van der Waals surface area contributed by atoms with E-state index in [1.54, 1.807) is 36.4 Å². The van der Waals surface area contributed by atoms with Crippen LogP contribution in [0.4, 0.5) is 11.4 Å². The van der Waals surface area contributed by atoms with Crippen molar-refractivity contribution in [3.63, 3.8) is 0 Å². The predicted octanol–water partition coefficient (Wildman–Crippen LogP) is 5.11. The van der Waals surface area contributed by atoms with Gasteiger partial charge in [0, 0.05) is 6.07 Å². The first-order valence-electron chi connectivity index (χ1n) is 10.4. The Morgan fingerprint density at radius 2 is 1.58 bits per heavy atom. The number of anilines is 2. The van der Waals surface area contributed by atoms with Gasteiger partial charge in [0.25, 0.3) is 0 Å². The Hall–Kier alpha value is -4.15. The Balaban J connectivity index is 1.45. The van der Waals surface area contributed by atoms with E-state index in [-0.39, 0.29) is 22.5 Å². The predicted molar refractivity (Wildman–Crippen MR) is 135 cm³/mol. The molecule has 0 radical (unpaired) electrons. The molecule has 184 valence electrons. The number of nitrogens with one attached hydrogen (secondary N) is 2. The van der Waals surface area contributed by atoms with Crippen LogP contribution in [0.2, 0.25) is 10.0 Å². The van der Waals surface area contributed by atoms with Crippen LogP contribution >= 0.6 is 23.2 Å². The number of hydrogen-bond acceptors (Lipinski definition) is 8. The number of hydrogen-bond donors (Lipinski definition) is 2. The number of amides is 2. The van der Waals surface area contributed by atoms with Crippen LogP contribution in [-0.4, -0.2) is 41.0 Å². The molecule has 2 N–H and O–H groups in total. The number of methoxy groups -OCH3 is 2. The maximum absolute atomic E-state index is 12.3. The summed E-state index contributed by atoms with van der Waals surface area (Å²) in [4.78, 5) is 37.0. The maximum Gasteiger partial charge on any atom is 0.240 e. The lowest BCUT2D eigenvalue weighted by Crippen LogP contribution is -2.21. The molecule has 2 heterocycles. The molecule has 0 spiro atoms. The Labute approximate surface area is 215 Å². The van der Waals surface area contributed by atoms with Crippen LogP contribution in [0.15, 0.2) is 55.0 Å². The van der Waals surface area contributed by atoms with E-state index in [0.717, 1.165) is 0 Å². The highest BCUT2D eigenvalue weighted by Crippen LogP contribution is 2.37. The van der Waals surface area contributed by atoms with Crippen LogP contribution in [0.1, 0.15) is 6.42 Å². The Morgan fingerprint density at radius 3 is 2.31 bits per heavy atom. The van der Waals surface area contributed by atoms with Crippen LogP contribution < -0.4 is 24.8 Å². The number of pyridine rings is 1.